The second-order valence-corrected chi connectivity index (χ2v) is 19.5. The maximum atomic E-state index is 13.4. The summed E-state index contributed by atoms with van der Waals surface area (Å²) in [5.41, 5.74) is 3.00. The average molecular weight is 691 g/mol. The van der Waals surface area contributed by atoms with E-state index in [1.807, 2.05) is 15.8 Å². The maximum Gasteiger partial charge on any atom is 0.330 e. The summed E-state index contributed by atoms with van der Waals surface area (Å²) < 4.78 is 12.4. The molecule has 0 saturated carbocycles. The molecule has 1 N–H and O–H groups in total. The van der Waals surface area contributed by atoms with Gasteiger partial charge in [0.15, 0.2) is 8.32 Å². The van der Waals surface area contributed by atoms with Crippen molar-refractivity contribution in [1.82, 2.24) is 24.8 Å². The number of benzene rings is 1. The number of aromatic nitrogens is 3. The van der Waals surface area contributed by atoms with Crippen LogP contribution in [-0.4, -0.2) is 106 Å². The molecule has 1 atom stereocenters. The molecule has 2 aliphatic heterocycles. The number of methoxy groups -OCH3 is 1. The van der Waals surface area contributed by atoms with E-state index in [0.717, 1.165) is 42.8 Å². The lowest BCUT2D eigenvalue weighted by atomic mass is 9.85. The molecule has 14 heteroatoms. The van der Waals surface area contributed by atoms with Crippen LogP contribution in [0.1, 0.15) is 50.5 Å². The molecule has 0 spiro atoms. The van der Waals surface area contributed by atoms with Crippen molar-refractivity contribution in [3.63, 3.8) is 0 Å². The molecule has 2 aromatic heterocycles. The normalized spacial score (nSPS) is 18.4. The Balaban J connectivity index is 1.40. The quantitative estimate of drug-likeness (QED) is 0.201. The molecule has 11 nitrogen and oxygen atoms in total. The summed E-state index contributed by atoms with van der Waals surface area (Å²) in [7, 11) is 1.05. The van der Waals surface area contributed by atoms with Gasteiger partial charge in [-0.3, -0.25) is 4.79 Å². The summed E-state index contributed by atoms with van der Waals surface area (Å²) in [5.74, 6) is 1.40. The van der Waals surface area contributed by atoms with Crippen LogP contribution in [0.4, 0.5) is 17.5 Å². The number of nitrogens with one attached hydrogen (secondary N) is 1. The molecule has 4 heterocycles. The second kappa shape index (κ2) is 14.1. The predicted octanol–water partition coefficient (Wildman–Crippen LogP) is 5.63. The van der Waals surface area contributed by atoms with Gasteiger partial charge in [-0.25, -0.2) is 15.0 Å². The Hall–Kier alpha value is -3.52. The van der Waals surface area contributed by atoms with E-state index in [2.05, 4.69) is 69.0 Å². The van der Waals surface area contributed by atoms with Crippen LogP contribution in [0.15, 0.2) is 36.7 Å². The largest absolute Gasteiger partial charge is 0.495 e. The van der Waals surface area contributed by atoms with Crippen molar-refractivity contribution in [2.75, 3.05) is 63.1 Å². The van der Waals surface area contributed by atoms with E-state index in [4.69, 9.17) is 30.7 Å². The molecule has 5 rings (SSSR count). The highest BCUT2D eigenvalue weighted by Gasteiger charge is 2.44. The van der Waals surface area contributed by atoms with Crippen LogP contribution in [-0.2, 0) is 14.6 Å². The first-order valence-corrected chi connectivity index (χ1v) is 19.7. The molecule has 0 bridgehead atoms. The predicted molar refractivity (Wildman–Crippen MR) is 195 cm³/mol. The van der Waals surface area contributed by atoms with Crippen molar-refractivity contribution < 1.29 is 18.8 Å². The van der Waals surface area contributed by atoms with Crippen LogP contribution in [0.5, 0.6) is 5.75 Å². The number of halogens is 1. The number of carbonyl (C=O) groups excluding carboxylic acids is 2. The summed E-state index contributed by atoms with van der Waals surface area (Å²) in [4.78, 5) is 44.9. The van der Waals surface area contributed by atoms with Gasteiger partial charge in [-0.2, -0.15) is 0 Å². The van der Waals surface area contributed by atoms with E-state index in [0.29, 0.717) is 59.9 Å². The van der Waals surface area contributed by atoms with Gasteiger partial charge in [-0.05, 0) is 48.9 Å². The third-order valence-corrected chi connectivity index (χ3v) is 14.7. The minimum Gasteiger partial charge on any atom is -0.495 e. The molecule has 1 fully saturated rings. The molecule has 48 heavy (non-hydrogen) atoms. The average Bonchev–Trinajstić information content (AvgIpc) is 3.34. The van der Waals surface area contributed by atoms with Gasteiger partial charge in [0.05, 0.1) is 29.1 Å². The van der Waals surface area contributed by atoms with Gasteiger partial charge in [0.25, 0.3) is 5.91 Å². The highest BCUT2D eigenvalue weighted by molar-refractivity contribution is 6.74. The van der Waals surface area contributed by atoms with Gasteiger partial charge in [0.1, 0.15) is 17.8 Å². The number of amides is 1. The van der Waals surface area contributed by atoms with Crippen molar-refractivity contribution in [2.24, 2.45) is 0 Å². The number of nitrogens with zero attached hydrogens (tertiary/aromatic N) is 6. The lowest BCUT2D eigenvalue weighted by molar-refractivity contribution is 0.0643. The van der Waals surface area contributed by atoms with Crippen LogP contribution >= 0.6 is 11.6 Å². The van der Waals surface area contributed by atoms with Gasteiger partial charge in [-0.1, -0.05) is 46.2 Å². The zero-order valence-corrected chi connectivity index (χ0v) is 31.0. The molecule has 1 aromatic carbocycles. The number of piperazine rings is 1. The van der Waals surface area contributed by atoms with Gasteiger partial charge in [-0.15, -0.1) is 0 Å². The lowest BCUT2D eigenvalue weighted by Gasteiger charge is -2.39. The van der Waals surface area contributed by atoms with E-state index >= 15 is 0 Å². The Bertz CT molecular complexity index is 1660. The smallest absolute Gasteiger partial charge is 0.330 e. The summed E-state index contributed by atoms with van der Waals surface area (Å²) in [6, 6.07) is 7.25. The summed E-state index contributed by atoms with van der Waals surface area (Å²) >= 11 is 6.68. The molecule has 1 radical (unpaired) electrons. The van der Waals surface area contributed by atoms with Crippen molar-refractivity contribution in [3.05, 3.63) is 52.8 Å². The Morgan fingerprint density at radius 3 is 2.54 bits per heavy atom. The number of fused-ring (bicyclic) bond motifs is 1. The molecule has 2 aliphatic rings. The van der Waals surface area contributed by atoms with Gasteiger partial charge in [0.2, 0.25) is 5.95 Å². The number of anilines is 3. The molecule has 255 valence electrons. The highest BCUT2D eigenvalue weighted by Crippen LogP contribution is 2.43. The first-order chi connectivity index (χ1) is 22.7. The van der Waals surface area contributed by atoms with Gasteiger partial charge in [0, 0.05) is 68.3 Å². The first kappa shape index (κ1) is 35.8. The minimum atomic E-state index is -2.03. The third-order valence-electron chi connectivity index (χ3n) is 9.93. The SMILES string of the molecule is CCN1CCN(C(=O)c2cc(OC)c(Nc3nccc(-c4cnc5c(c4)C(C)(CO[Si](C)(C)C(C)(C)C)CN5[B]C=O)n3)cc2Cl)CC1. The van der Waals surface area contributed by atoms with Crippen molar-refractivity contribution >= 4 is 56.9 Å². The van der Waals surface area contributed by atoms with Gasteiger partial charge >= 0.3 is 7.41 Å². The van der Waals surface area contributed by atoms with Crippen LogP contribution in [0.25, 0.3) is 11.3 Å². The molecule has 1 unspecified atom stereocenters. The summed E-state index contributed by atoms with van der Waals surface area (Å²) in [6.45, 7) is 20.5. The van der Waals surface area contributed by atoms with E-state index in [1.54, 1.807) is 31.6 Å². The first-order valence-electron chi connectivity index (χ1n) is 16.4. The Kier molecular flexibility index (Phi) is 10.5. The Morgan fingerprint density at radius 1 is 1.17 bits per heavy atom. The van der Waals surface area contributed by atoms with Crippen LogP contribution < -0.4 is 14.9 Å². The fourth-order valence-corrected chi connectivity index (χ4v) is 7.16. The number of pyridine rings is 1. The molecule has 1 amide bonds. The van der Waals surface area contributed by atoms with Crippen molar-refractivity contribution in [2.45, 2.75) is 58.2 Å². The van der Waals surface area contributed by atoms with E-state index in [-0.39, 0.29) is 10.9 Å². The molecule has 1 saturated heterocycles. The summed E-state index contributed by atoms with van der Waals surface area (Å²) in [5, 5.41) is 3.61. The van der Waals surface area contributed by atoms with Crippen LogP contribution in [0.3, 0.4) is 0 Å². The number of hydrogen-bond donors (Lipinski definition) is 1. The molecule has 3 aromatic rings. The van der Waals surface area contributed by atoms with Gasteiger partial charge < -0.3 is 33.9 Å². The zero-order valence-electron chi connectivity index (χ0n) is 29.3. The molecule has 0 aliphatic carbocycles. The fraction of sp³-hybridized carbons (Fsp3) is 0.500. The number of hydrogen-bond acceptors (Lipinski definition) is 10. The van der Waals surface area contributed by atoms with E-state index in [9.17, 15) is 9.59 Å². The standard InChI is InChI=1S/C34H46BClN7O4Si/c1-9-41-12-14-42(15-13-41)31(45)24-17-29(46-6)28(18-26(24)36)40-32-37-11-10-27(39-32)23-16-25-30(38-19-23)43(35-22-44)20-34(25,5)21-47-48(7,8)33(2,3)4/h10-11,16-19,22H,9,12-15,20-21H2,1-8H3,(H,37,39,40). The minimum absolute atomic E-state index is 0.0663. The number of carbonyl (C=O) groups is 2. The molecular formula is C34H46BClN7O4Si. The second-order valence-electron chi connectivity index (χ2n) is 14.3. The van der Waals surface area contributed by atoms with Crippen LogP contribution in [0, 0.1) is 0 Å². The molecular weight excluding hydrogens is 645 g/mol. The number of rotatable bonds is 11. The lowest BCUT2D eigenvalue weighted by Crippen LogP contribution is -2.48. The number of likely N-dealkylation sites (N-methyl/N-ethyl adjacent to an activating group) is 1. The van der Waals surface area contributed by atoms with Crippen molar-refractivity contribution in [3.8, 4) is 17.0 Å². The van der Waals surface area contributed by atoms with Crippen LogP contribution in [0.2, 0.25) is 23.2 Å². The fourth-order valence-electron chi connectivity index (χ4n) is 5.80. The van der Waals surface area contributed by atoms with E-state index in [1.165, 1.54) is 7.41 Å². The highest BCUT2D eigenvalue weighted by atomic mass is 35.5. The van der Waals surface area contributed by atoms with Crippen molar-refractivity contribution in [1.29, 1.82) is 0 Å². The summed E-state index contributed by atoms with van der Waals surface area (Å²) in [6.07, 6.45) is 4.22. The zero-order chi connectivity index (χ0) is 34.9. The topological polar surface area (TPSA) is 113 Å². The number of ether oxygens (including phenoxy) is 1. The monoisotopic (exact) mass is 690 g/mol. The van der Waals surface area contributed by atoms with E-state index < -0.39 is 13.7 Å². The Morgan fingerprint density at radius 2 is 1.90 bits per heavy atom. The maximum absolute atomic E-state index is 13.4. The Labute approximate surface area is 290 Å². The third kappa shape index (κ3) is 7.39.